The van der Waals surface area contributed by atoms with Crippen LogP contribution in [0, 0.1) is 0 Å². The molecule has 1 heterocycles. The Morgan fingerprint density at radius 1 is 1.00 bits per heavy atom. The monoisotopic (exact) mass is 489 g/mol. The molecule has 0 radical (unpaired) electrons. The lowest BCUT2D eigenvalue weighted by molar-refractivity contribution is -0.154. The minimum Gasteiger partial charge on any atom is -0.497 e. The normalized spacial score (nSPS) is 15.4. The Morgan fingerprint density at radius 2 is 1.65 bits per heavy atom. The summed E-state index contributed by atoms with van der Waals surface area (Å²) in [6.07, 6.45) is -3.31. The van der Waals surface area contributed by atoms with Crippen LogP contribution >= 0.6 is 11.6 Å². The molecule has 1 saturated heterocycles. The van der Waals surface area contributed by atoms with Gasteiger partial charge in [-0.25, -0.2) is 0 Å². The van der Waals surface area contributed by atoms with Gasteiger partial charge in [0.2, 0.25) is 0 Å². The Balaban J connectivity index is 1.45. The summed E-state index contributed by atoms with van der Waals surface area (Å²) < 4.78 is 5.09. The lowest BCUT2D eigenvalue weighted by Crippen LogP contribution is -2.56. The zero-order chi connectivity index (χ0) is 24.7. The first-order chi connectivity index (χ1) is 16.3. The second kappa shape index (κ2) is 11.8. The number of ether oxygens (including phenoxy) is 1. The third-order valence-corrected chi connectivity index (χ3v) is 5.87. The maximum atomic E-state index is 12.7. The quantitative estimate of drug-likeness (QED) is 0.502. The number of amides is 3. The second-order valence-corrected chi connectivity index (χ2v) is 8.34. The van der Waals surface area contributed by atoms with Crippen molar-refractivity contribution in [2.45, 2.75) is 18.6 Å². The van der Waals surface area contributed by atoms with Crippen LogP contribution in [0.15, 0.2) is 48.5 Å². The van der Waals surface area contributed by atoms with Crippen molar-refractivity contribution < 1.29 is 29.3 Å². The van der Waals surface area contributed by atoms with Gasteiger partial charge in [-0.05, 0) is 48.4 Å². The molecule has 182 valence electrons. The van der Waals surface area contributed by atoms with Gasteiger partial charge < -0.3 is 30.1 Å². The average molecular weight is 490 g/mol. The minimum absolute atomic E-state index is 0.172. The number of carbonyl (C=O) groups excluding carboxylic acids is 3. The van der Waals surface area contributed by atoms with Gasteiger partial charge in [0, 0.05) is 43.3 Å². The summed E-state index contributed by atoms with van der Waals surface area (Å²) in [6.45, 7) is 1.11. The highest BCUT2D eigenvalue weighted by molar-refractivity contribution is 6.30. The molecule has 0 aromatic heterocycles. The molecule has 0 unspecified atom stereocenters. The summed E-state index contributed by atoms with van der Waals surface area (Å²) >= 11 is 5.93. The summed E-state index contributed by atoms with van der Waals surface area (Å²) in [7, 11) is 1.54. The van der Waals surface area contributed by atoms with Crippen molar-refractivity contribution in [1.82, 2.24) is 15.1 Å². The van der Waals surface area contributed by atoms with Crippen LogP contribution in [0.3, 0.4) is 0 Å². The van der Waals surface area contributed by atoms with Crippen LogP contribution < -0.4 is 10.1 Å². The topological polar surface area (TPSA) is 119 Å². The zero-order valence-electron chi connectivity index (χ0n) is 18.8. The highest BCUT2D eigenvalue weighted by Gasteiger charge is 2.35. The van der Waals surface area contributed by atoms with Gasteiger partial charge in [-0.3, -0.25) is 14.4 Å². The molecule has 2 aromatic rings. The standard InChI is InChI=1S/C24H28ClN3O6/c1-34-19-7-5-17(6-8-19)23(32)27-11-13-28(14-12-27)24(33)21(30)20(29)22(31)26-10-9-16-3-2-4-18(25)15-16/h2-8,15,20-21,29-30H,9-14H2,1H3,(H,26,31)/t20-,21-/m1/s1. The van der Waals surface area contributed by atoms with Gasteiger partial charge in [-0.1, -0.05) is 23.7 Å². The van der Waals surface area contributed by atoms with Gasteiger partial charge in [0.25, 0.3) is 17.7 Å². The van der Waals surface area contributed by atoms with E-state index < -0.39 is 24.0 Å². The van der Waals surface area contributed by atoms with E-state index in [-0.39, 0.29) is 38.6 Å². The number of halogens is 1. The molecule has 1 aliphatic heterocycles. The average Bonchev–Trinajstić information content (AvgIpc) is 2.87. The molecule has 34 heavy (non-hydrogen) atoms. The van der Waals surface area contributed by atoms with Crippen LogP contribution in [0.25, 0.3) is 0 Å². The SMILES string of the molecule is COc1ccc(C(=O)N2CCN(C(=O)[C@H](O)[C@@H](O)C(=O)NCCc3cccc(Cl)c3)CC2)cc1. The molecular weight excluding hydrogens is 462 g/mol. The Morgan fingerprint density at radius 3 is 2.26 bits per heavy atom. The minimum atomic E-state index is -1.90. The van der Waals surface area contributed by atoms with E-state index in [9.17, 15) is 24.6 Å². The van der Waals surface area contributed by atoms with Crippen molar-refractivity contribution in [3.63, 3.8) is 0 Å². The van der Waals surface area contributed by atoms with Gasteiger partial charge in [0.1, 0.15) is 5.75 Å². The van der Waals surface area contributed by atoms with Crippen molar-refractivity contribution in [2.75, 3.05) is 39.8 Å². The number of benzene rings is 2. The number of carbonyl (C=O) groups is 3. The van der Waals surface area contributed by atoms with Crippen molar-refractivity contribution in [2.24, 2.45) is 0 Å². The predicted molar refractivity (Wildman–Crippen MR) is 126 cm³/mol. The summed E-state index contributed by atoms with van der Waals surface area (Å²) in [4.78, 5) is 40.4. The Hall–Kier alpha value is -3.14. The molecule has 0 spiro atoms. The van der Waals surface area contributed by atoms with E-state index in [1.807, 2.05) is 6.07 Å². The molecule has 3 rings (SSSR count). The molecule has 0 saturated carbocycles. The first kappa shape index (κ1) is 25.5. The third kappa shape index (κ3) is 6.47. The maximum Gasteiger partial charge on any atom is 0.254 e. The summed E-state index contributed by atoms with van der Waals surface area (Å²) in [5, 5.41) is 23.5. The molecule has 3 N–H and O–H groups in total. The molecule has 9 nitrogen and oxygen atoms in total. The van der Waals surface area contributed by atoms with Gasteiger partial charge in [-0.15, -0.1) is 0 Å². The molecule has 0 aliphatic carbocycles. The number of aliphatic hydroxyl groups is 2. The number of nitrogens with one attached hydrogen (secondary N) is 1. The van der Waals surface area contributed by atoms with Gasteiger partial charge >= 0.3 is 0 Å². The molecule has 3 amide bonds. The summed E-state index contributed by atoms with van der Waals surface area (Å²) in [6, 6.07) is 13.9. The van der Waals surface area contributed by atoms with Crippen molar-refractivity contribution >= 4 is 29.3 Å². The first-order valence-electron chi connectivity index (χ1n) is 10.9. The number of hydrogen-bond acceptors (Lipinski definition) is 6. The van der Waals surface area contributed by atoms with Crippen LogP contribution in [0.4, 0.5) is 0 Å². The lowest BCUT2D eigenvalue weighted by Gasteiger charge is -2.36. The Bertz CT molecular complexity index is 1010. The van der Waals surface area contributed by atoms with Crippen LogP contribution in [0.5, 0.6) is 5.75 Å². The number of aliphatic hydroxyl groups excluding tert-OH is 2. The lowest BCUT2D eigenvalue weighted by atomic mass is 10.1. The second-order valence-electron chi connectivity index (χ2n) is 7.91. The van der Waals surface area contributed by atoms with Crippen molar-refractivity contribution in [3.8, 4) is 5.75 Å². The number of hydrogen-bond donors (Lipinski definition) is 3. The van der Waals surface area contributed by atoms with E-state index in [0.717, 1.165) is 5.56 Å². The van der Waals surface area contributed by atoms with Gasteiger partial charge in [-0.2, -0.15) is 0 Å². The van der Waals surface area contributed by atoms with E-state index in [0.29, 0.717) is 22.8 Å². The number of rotatable bonds is 8. The van der Waals surface area contributed by atoms with E-state index in [1.54, 1.807) is 54.5 Å². The van der Waals surface area contributed by atoms with Crippen LogP contribution in [-0.4, -0.2) is 89.8 Å². The van der Waals surface area contributed by atoms with E-state index >= 15 is 0 Å². The smallest absolute Gasteiger partial charge is 0.254 e. The number of piperazine rings is 1. The molecule has 2 atom stereocenters. The highest BCUT2D eigenvalue weighted by atomic mass is 35.5. The molecule has 2 aromatic carbocycles. The molecule has 10 heteroatoms. The fraction of sp³-hybridized carbons (Fsp3) is 0.375. The summed E-state index contributed by atoms with van der Waals surface area (Å²) in [5.74, 6) is -1.12. The van der Waals surface area contributed by atoms with Gasteiger partial charge in [0.05, 0.1) is 7.11 Å². The number of methoxy groups -OCH3 is 1. The van der Waals surface area contributed by atoms with Gasteiger partial charge in [0.15, 0.2) is 12.2 Å². The van der Waals surface area contributed by atoms with Crippen LogP contribution in [0.2, 0.25) is 5.02 Å². The maximum absolute atomic E-state index is 12.7. The van der Waals surface area contributed by atoms with E-state index in [1.165, 1.54) is 4.90 Å². The number of nitrogens with zero attached hydrogens (tertiary/aromatic N) is 2. The van der Waals surface area contributed by atoms with E-state index in [2.05, 4.69) is 5.32 Å². The zero-order valence-corrected chi connectivity index (χ0v) is 19.6. The third-order valence-electron chi connectivity index (χ3n) is 5.64. The van der Waals surface area contributed by atoms with Crippen LogP contribution in [-0.2, 0) is 16.0 Å². The molecule has 1 aliphatic rings. The fourth-order valence-corrected chi connectivity index (χ4v) is 3.85. The largest absolute Gasteiger partial charge is 0.497 e. The molecular formula is C24H28ClN3O6. The van der Waals surface area contributed by atoms with Crippen molar-refractivity contribution in [3.05, 3.63) is 64.7 Å². The highest BCUT2D eigenvalue weighted by Crippen LogP contribution is 2.15. The Kier molecular flexibility index (Phi) is 8.86. The van der Waals surface area contributed by atoms with Crippen LogP contribution in [0.1, 0.15) is 15.9 Å². The predicted octanol–water partition coefficient (Wildman–Crippen LogP) is 0.714. The summed E-state index contributed by atoms with van der Waals surface area (Å²) in [5.41, 5.74) is 1.41. The van der Waals surface area contributed by atoms with Crippen molar-refractivity contribution in [1.29, 1.82) is 0 Å². The van der Waals surface area contributed by atoms with E-state index in [4.69, 9.17) is 16.3 Å². The first-order valence-corrected chi connectivity index (χ1v) is 11.3. The Labute approximate surface area is 202 Å². The molecule has 0 bridgehead atoms. The molecule has 1 fully saturated rings. The fourth-order valence-electron chi connectivity index (χ4n) is 3.64.